The summed E-state index contributed by atoms with van der Waals surface area (Å²) in [5, 5.41) is 0. The van der Waals surface area contributed by atoms with Crippen LogP contribution in [-0.2, 0) is 6.42 Å². The van der Waals surface area contributed by atoms with Crippen LogP contribution in [0.1, 0.15) is 12.0 Å². The molecule has 0 heterocycles. The van der Waals surface area contributed by atoms with Crippen molar-refractivity contribution in [3.8, 4) is 0 Å². The van der Waals surface area contributed by atoms with Gasteiger partial charge >= 0.3 is 0 Å². The predicted molar refractivity (Wildman–Crippen MR) is 77.5 cm³/mol. The van der Waals surface area contributed by atoms with Gasteiger partial charge in [-0.3, -0.25) is 0 Å². The van der Waals surface area contributed by atoms with E-state index in [4.69, 9.17) is 6.58 Å². The van der Waals surface area contributed by atoms with Crippen molar-refractivity contribution in [2.24, 2.45) is 0 Å². The molecule has 1 aromatic carbocycles. The molecule has 0 bridgehead atoms. The van der Waals surface area contributed by atoms with Crippen molar-refractivity contribution >= 4 is 0 Å². The smallest absolute Gasteiger partial charge is 0.00943 e. The molecular weight excluding hydrogens is 204 g/mol. The monoisotopic (exact) mass is 224 g/mol. The normalized spacial score (nSPS) is 9.82. The Kier molecular flexibility index (Phi) is 9.55. The molecule has 0 fully saturated rings. The Balaban J connectivity index is 0.000000304. The molecule has 0 spiro atoms. The lowest BCUT2D eigenvalue weighted by atomic mass is 10.2. The summed E-state index contributed by atoms with van der Waals surface area (Å²) in [4.78, 5) is 0. The average Bonchev–Trinajstić information content (AvgIpc) is 2.38. The SMILES string of the molecule is [CH2]C/C(C=C)=C/C=C.[CH]=CCc1ccccc1. The molecule has 0 heteroatoms. The lowest BCUT2D eigenvalue weighted by molar-refractivity contribution is 1.27. The summed E-state index contributed by atoms with van der Waals surface area (Å²) in [6.07, 6.45) is 8.74. The predicted octanol–water partition coefficient (Wildman–Crippen LogP) is 4.73. The molecule has 0 N–H and O–H groups in total. The van der Waals surface area contributed by atoms with Crippen LogP contribution in [-0.4, -0.2) is 0 Å². The van der Waals surface area contributed by atoms with Gasteiger partial charge in [0.05, 0.1) is 0 Å². The first kappa shape index (κ1) is 15.2. The Morgan fingerprint density at radius 3 is 2.18 bits per heavy atom. The first-order valence-corrected chi connectivity index (χ1v) is 5.59. The van der Waals surface area contributed by atoms with Crippen molar-refractivity contribution in [3.63, 3.8) is 0 Å². The van der Waals surface area contributed by atoms with E-state index in [9.17, 15) is 0 Å². The summed E-state index contributed by atoms with van der Waals surface area (Å²) >= 11 is 0. The van der Waals surface area contributed by atoms with E-state index in [2.05, 4.69) is 32.2 Å². The zero-order valence-electron chi connectivity index (χ0n) is 10.3. The van der Waals surface area contributed by atoms with Crippen LogP contribution in [0, 0.1) is 13.5 Å². The second-order valence-corrected chi connectivity index (χ2v) is 3.36. The standard InChI is InChI=1S/C9H9.C8H11/c1-2-6-9-7-4-3-5-8-9;1-4-7-8(5-2)6-3/h1-5,7-8H,6H2;4-5,7H,1-3,6H2/b;8-7+. The lowest BCUT2D eigenvalue weighted by Crippen LogP contribution is -1.75. The molecule has 88 valence electrons. The zero-order chi connectivity index (χ0) is 12.9. The maximum atomic E-state index is 5.24. The highest BCUT2D eigenvalue weighted by atomic mass is 13.9. The number of benzene rings is 1. The lowest BCUT2D eigenvalue weighted by Gasteiger charge is -1.91. The maximum absolute atomic E-state index is 5.24. The van der Waals surface area contributed by atoms with Crippen molar-refractivity contribution < 1.29 is 0 Å². The minimum Gasteiger partial charge on any atom is -0.0991 e. The Labute approximate surface area is 106 Å². The van der Waals surface area contributed by atoms with Gasteiger partial charge in [0, 0.05) is 0 Å². The van der Waals surface area contributed by atoms with Gasteiger partial charge in [-0.1, -0.05) is 74.4 Å². The molecule has 0 aliphatic heterocycles. The summed E-state index contributed by atoms with van der Waals surface area (Å²) in [5.41, 5.74) is 2.39. The van der Waals surface area contributed by atoms with Crippen molar-refractivity contribution in [1.82, 2.24) is 0 Å². The van der Waals surface area contributed by atoms with E-state index in [-0.39, 0.29) is 0 Å². The molecule has 0 saturated carbocycles. The van der Waals surface area contributed by atoms with E-state index < -0.39 is 0 Å². The third-order valence-electron chi connectivity index (χ3n) is 2.08. The van der Waals surface area contributed by atoms with Gasteiger partial charge in [0.2, 0.25) is 0 Å². The highest BCUT2D eigenvalue weighted by molar-refractivity contribution is 5.21. The molecule has 0 aliphatic rings. The zero-order valence-corrected chi connectivity index (χ0v) is 10.3. The summed E-state index contributed by atoms with van der Waals surface area (Å²) in [6, 6.07) is 10.1. The van der Waals surface area contributed by atoms with Gasteiger partial charge in [0.15, 0.2) is 0 Å². The number of hydrogen-bond donors (Lipinski definition) is 0. The molecule has 0 saturated heterocycles. The van der Waals surface area contributed by atoms with Gasteiger partial charge in [-0.2, -0.15) is 0 Å². The molecule has 0 aromatic heterocycles. The molecule has 1 rings (SSSR count). The van der Waals surface area contributed by atoms with Gasteiger partial charge < -0.3 is 0 Å². The molecule has 0 aliphatic carbocycles. The third-order valence-corrected chi connectivity index (χ3v) is 2.08. The van der Waals surface area contributed by atoms with E-state index in [0.717, 1.165) is 18.4 Å². The van der Waals surface area contributed by atoms with E-state index >= 15 is 0 Å². The van der Waals surface area contributed by atoms with Crippen LogP contribution in [0.4, 0.5) is 0 Å². The fourth-order valence-corrected chi connectivity index (χ4v) is 1.15. The number of allylic oxidation sites excluding steroid dienone is 5. The van der Waals surface area contributed by atoms with E-state index in [1.165, 1.54) is 5.56 Å². The number of rotatable bonds is 5. The Morgan fingerprint density at radius 1 is 1.18 bits per heavy atom. The van der Waals surface area contributed by atoms with Crippen molar-refractivity contribution in [3.05, 3.63) is 92.4 Å². The summed E-state index contributed by atoms with van der Waals surface area (Å²) in [7, 11) is 0. The van der Waals surface area contributed by atoms with Crippen LogP contribution in [0.15, 0.2) is 73.4 Å². The highest BCUT2D eigenvalue weighted by Crippen LogP contribution is 1.99. The van der Waals surface area contributed by atoms with Gasteiger partial charge in [-0.25, -0.2) is 0 Å². The topological polar surface area (TPSA) is 0 Å². The summed E-state index contributed by atoms with van der Waals surface area (Å²) < 4.78 is 0. The van der Waals surface area contributed by atoms with E-state index in [1.807, 2.05) is 24.3 Å². The third kappa shape index (κ3) is 8.04. The van der Waals surface area contributed by atoms with Crippen LogP contribution < -0.4 is 0 Å². The van der Waals surface area contributed by atoms with E-state index in [1.54, 1.807) is 18.2 Å². The second-order valence-electron chi connectivity index (χ2n) is 3.36. The van der Waals surface area contributed by atoms with Crippen LogP contribution in [0.5, 0.6) is 0 Å². The van der Waals surface area contributed by atoms with Crippen molar-refractivity contribution in [1.29, 1.82) is 0 Å². The number of hydrogen-bond acceptors (Lipinski definition) is 0. The molecule has 0 atom stereocenters. The summed E-state index contributed by atoms with van der Waals surface area (Å²) in [5.74, 6) is 0. The van der Waals surface area contributed by atoms with Crippen molar-refractivity contribution in [2.45, 2.75) is 12.8 Å². The van der Waals surface area contributed by atoms with Crippen LogP contribution in [0.3, 0.4) is 0 Å². The van der Waals surface area contributed by atoms with Crippen LogP contribution in [0.25, 0.3) is 0 Å². The van der Waals surface area contributed by atoms with Crippen LogP contribution >= 0.6 is 0 Å². The van der Waals surface area contributed by atoms with Gasteiger partial charge in [-0.05, 0) is 30.9 Å². The maximum Gasteiger partial charge on any atom is -0.00943 e. The molecule has 2 radical (unpaired) electrons. The van der Waals surface area contributed by atoms with Crippen molar-refractivity contribution in [2.75, 3.05) is 0 Å². The molecular formula is C17H20. The fraction of sp³-hybridized carbons (Fsp3) is 0.118. The van der Waals surface area contributed by atoms with Gasteiger partial charge in [0.25, 0.3) is 0 Å². The van der Waals surface area contributed by atoms with Crippen LogP contribution in [0.2, 0.25) is 0 Å². The minimum absolute atomic E-state index is 0.787. The second kappa shape index (κ2) is 10.7. The Morgan fingerprint density at radius 2 is 1.82 bits per heavy atom. The Bertz CT molecular complexity index is 355. The first-order chi connectivity index (χ1) is 8.28. The van der Waals surface area contributed by atoms with Gasteiger partial charge in [0.1, 0.15) is 0 Å². The highest BCUT2D eigenvalue weighted by Gasteiger charge is 1.82. The van der Waals surface area contributed by atoms with Gasteiger partial charge in [-0.15, -0.1) is 0 Å². The molecule has 0 unspecified atom stereocenters. The fourth-order valence-electron chi connectivity index (χ4n) is 1.15. The Hall–Kier alpha value is -1.82. The van der Waals surface area contributed by atoms with E-state index in [0.29, 0.717) is 0 Å². The first-order valence-electron chi connectivity index (χ1n) is 5.59. The molecule has 17 heavy (non-hydrogen) atoms. The summed E-state index contributed by atoms with van der Waals surface area (Å²) in [6.45, 7) is 16.1. The average molecular weight is 224 g/mol. The largest absolute Gasteiger partial charge is 0.0991 e. The minimum atomic E-state index is 0.787. The molecule has 1 aromatic rings. The molecule has 0 amide bonds. The quantitative estimate of drug-likeness (QED) is 0.634. The molecule has 0 nitrogen and oxygen atoms in total.